The van der Waals surface area contributed by atoms with Gasteiger partial charge in [0.25, 0.3) is 5.56 Å². The van der Waals surface area contributed by atoms with Crippen molar-refractivity contribution in [3.05, 3.63) is 72.3 Å². The highest BCUT2D eigenvalue weighted by atomic mass is 79.9. The first-order valence-electron chi connectivity index (χ1n) is 9.24. The largest absolute Gasteiger partial charge is 0.383 e. The first-order valence-corrected chi connectivity index (χ1v) is 10.9. The summed E-state index contributed by atoms with van der Waals surface area (Å²) < 4.78 is 3.28. The molecule has 0 amide bonds. The normalized spacial score (nSPS) is 12.9. The zero-order valence-electron chi connectivity index (χ0n) is 16.2. The number of hydrogen-bond donors (Lipinski definition) is 1. The number of nitrogens with zero attached hydrogens (tertiary/aromatic N) is 3. The molecule has 0 radical (unpaired) electrons. The maximum absolute atomic E-state index is 12.8. The average molecular weight is 474 g/mol. The van der Waals surface area contributed by atoms with Gasteiger partial charge in [0.2, 0.25) is 0 Å². The lowest BCUT2D eigenvalue weighted by Gasteiger charge is -2.12. The molecule has 0 saturated carbocycles. The van der Waals surface area contributed by atoms with Crippen molar-refractivity contribution in [2.24, 2.45) is 13.0 Å². The number of aliphatic hydroxyl groups excluding tert-OH is 1. The Morgan fingerprint density at radius 2 is 1.93 bits per heavy atom. The van der Waals surface area contributed by atoms with Gasteiger partial charge in [0.15, 0.2) is 0 Å². The van der Waals surface area contributed by atoms with Crippen LogP contribution >= 0.6 is 27.3 Å². The van der Waals surface area contributed by atoms with Crippen molar-refractivity contribution in [1.82, 2.24) is 14.1 Å². The van der Waals surface area contributed by atoms with Gasteiger partial charge in [-0.15, -0.1) is 11.3 Å². The smallest absolute Gasteiger partial charge is 0.331 e. The van der Waals surface area contributed by atoms with Crippen LogP contribution in [0.4, 0.5) is 0 Å². The number of fused-ring (bicyclic) bond motifs is 2. The second-order valence-corrected chi connectivity index (χ2v) is 9.26. The van der Waals surface area contributed by atoms with Crippen molar-refractivity contribution in [2.75, 3.05) is 0 Å². The van der Waals surface area contributed by atoms with Crippen LogP contribution in [0.5, 0.6) is 0 Å². The predicted octanol–water partition coefficient (Wildman–Crippen LogP) is 3.81. The van der Waals surface area contributed by atoms with Gasteiger partial charge < -0.3 is 5.11 Å². The number of aliphatic hydroxyl groups is 1. The summed E-state index contributed by atoms with van der Waals surface area (Å²) in [4.78, 5) is 31.1. The molecule has 1 aromatic carbocycles. The summed E-state index contributed by atoms with van der Waals surface area (Å²) in [6, 6.07) is 9.38. The maximum atomic E-state index is 12.8. The van der Waals surface area contributed by atoms with Crippen molar-refractivity contribution in [3.63, 3.8) is 0 Å². The van der Waals surface area contributed by atoms with E-state index in [0.717, 1.165) is 15.5 Å². The zero-order chi connectivity index (χ0) is 20.9. The molecule has 0 aliphatic carbocycles. The fraction of sp³-hybridized carbons (Fsp3) is 0.286. The van der Waals surface area contributed by atoms with Crippen molar-refractivity contribution in [3.8, 4) is 0 Å². The van der Waals surface area contributed by atoms with Gasteiger partial charge in [-0.2, -0.15) is 0 Å². The monoisotopic (exact) mass is 473 g/mol. The molecule has 150 valence electrons. The predicted molar refractivity (Wildman–Crippen MR) is 120 cm³/mol. The Hall–Kier alpha value is -2.29. The molecule has 3 aromatic heterocycles. The van der Waals surface area contributed by atoms with Crippen molar-refractivity contribution < 1.29 is 5.11 Å². The molecule has 0 spiro atoms. The first kappa shape index (κ1) is 20.0. The van der Waals surface area contributed by atoms with Crippen LogP contribution in [0.15, 0.2) is 50.6 Å². The molecule has 1 unspecified atom stereocenters. The average Bonchev–Trinajstić information content (AvgIpc) is 3.05. The number of aromatic nitrogens is 3. The van der Waals surface area contributed by atoms with Crippen LogP contribution in [0.3, 0.4) is 0 Å². The third kappa shape index (κ3) is 3.25. The van der Waals surface area contributed by atoms with E-state index >= 15 is 0 Å². The summed E-state index contributed by atoms with van der Waals surface area (Å²) in [7, 11) is 1.48. The minimum atomic E-state index is -0.956. The second-order valence-electron chi connectivity index (χ2n) is 7.43. The van der Waals surface area contributed by atoms with Crippen LogP contribution in [0, 0.1) is 5.92 Å². The molecule has 8 heteroatoms. The third-order valence-electron chi connectivity index (χ3n) is 4.91. The molecule has 3 heterocycles. The summed E-state index contributed by atoms with van der Waals surface area (Å²) in [5, 5.41) is 12.5. The number of halogens is 1. The quantitative estimate of drug-likeness (QED) is 0.488. The Labute approximate surface area is 179 Å². The van der Waals surface area contributed by atoms with Crippen LogP contribution < -0.4 is 11.2 Å². The van der Waals surface area contributed by atoms with E-state index in [1.165, 1.54) is 18.4 Å². The van der Waals surface area contributed by atoms with Crippen LogP contribution in [0.1, 0.15) is 30.4 Å². The van der Waals surface area contributed by atoms with Gasteiger partial charge >= 0.3 is 5.69 Å². The van der Waals surface area contributed by atoms with E-state index in [4.69, 9.17) is 0 Å². The van der Waals surface area contributed by atoms with Crippen LogP contribution in [0.2, 0.25) is 0 Å². The number of benzene rings is 1. The molecule has 29 heavy (non-hydrogen) atoms. The number of hydrogen-bond acceptors (Lipinski definition) is 5. The Morgan fingerprint density at radius 3 is 2.66 bits per heavy atom. The minimum absolute atomic E-state index is 0.229. The summed E-state index contributed by atoms with van der Waals surface area (Å²) in [5.74, 6) is 0.229. The molecule has 0 bridgehead atoms. The van der Waals surface area contributed by atoms with E-state index in [1.807, 2.05) is 38.1 Å². The van der Waals surface area contributed by atoms with E-state index in [2.05, 4.69) is 20.9 Å². The van der Waals surface area contributed by atoms with E-state index < -0.39 is 6.10 Å². The Morgan fingerprint density at radius 1 is 1.21 bits per heavy atom. The van der Waals surface area contributed by atoms with Gasteiger partial charge in [-0.25, -0.2) is 4.79 Å². The van der Waals surface area contributed by atoms with Gasteiger partial charge in [-0.3, -0.25) is 18.9 Å². The minimum Gasteiger partial charge on any atom is -0.383 e. The Balaban J connectivity index is 2.00. The molecular formula is C21H20BrN3O3S. The summed E-state index contributed by atoms with van der Waals surface area (Å²) in [5.41, 5.74) is 0.776. The number of rotatable bonds is 4. The van der Waals surface area contributed by atoms with E-state index in [-0.39, 0.29) is 17.2 Å². The fourth-order valence-corrected chi connectivity index (χ4v) is 5.66. The van der Waals surface area contributed by atoms with Gasteiger partial charge in [0, 0.05) is 29.6 Å². The summed E-state index contributed by atoms with van der Waals surface area (Å²) >= 11 is 4.80. The molecule has 6 nitrogen and oxygen atoms in total. The molecule has 4 rings (SSSR count). The van der Waals surface area contributed by atoms with Crippen molar-refractivity contribution in [1.29, 1.82) is 0 Å². The highest BCUT2D eigenvalue weighted by Crippen LogP contribution is 2.40. The van der Waals surface area contributed by atoms with Crippen molar-refractivity contribution in [2.45, 2.75) is 26.5 Å². The molecule has 0 aliphatic heterocycles. The highest BCUT2D eigenvalue weighted by molar-refractivity contribution is 9.10. The van der Waals surface area contributed by atoms with Gasteiger partial charge in [-0.1, -0.05) is 32.0 Å². The fourth-order valence-electron chi connectivity index (χ4n) is 3.51. The van der Waals surface area contributed by atoms with Crippen molar-refractivity contribution >= 4 is 48.4 Å². The topological polar surface area (TPSA) is 77.1 Å². The molecular weight excluding hydrogens is 454 g/mol. The molecule has 0 fully saturated rings. The van der Waals surface area contributed by atoms with E-state index in [0.29, 0.717) is 31.7 Å². The lowest BCUT2D eigenvalue weighted by Crippen LogP contribution is -2.38. The molecule has 1 atom stereocenters. The number of thiophene rings is 1. The van der Waals surface area contributed by atoms with Crippen LogP contribution in [-0.4, -0.2) is 19.2 Å². The SMILES string of the molecule is CC(C)Cn1c(=O)n(C)c(=O)c2c(Br)c(C(O)c3ccnc4ccccc34)sc21. The highest BCUT2D eigenvalue weighted by Gasteiger charge is 2.25. The van der Waals surface area contributed by atoms with Gasteiger partial charge in [0.1, 0.15) is 10.9 Å². The molecule has 4 aromatic rings. The lowest BCUT2D eigenvalue weighted by atomic mass is 10.0. The first-order chi connectivity index (χ1) is 13.8. The number of pyridine rings is 1. The summed E-state index contributed by atoms with van der Waals surface area (Å²) in [6.07, 6.45) is 0.706. The van der Waals surface area contributed by atoms with Gasteiger partial charge in [-0.05, 0) is 39.5 Å². The number of para-hydroxylation sites is 1. The standard InChI is InChI=1S/C21H20BrN3O3S/c1-11(2)10-25-20-15(19(27)24(3)21(25)28)16(22)18(29-20)17(26)13-8-9-23-14-7-5-4-6-12(13)14/h4-9,11,17,26H,10H2,1-3H3. The summed E-state index contributed by atoms with van der Waals surface area (Å²) in [6.45, 7) is 4.53. The molecule has 0 aliphatic rings. The zero-order valence-corrected chi connectivity index (χ0v) is 18.6. The maximum Gasteiger partial charge on any atom is 0.331 e. The Bertz CT molecular complexity index is 1350. The Kier molecular flexibility index (Phi) is 5.18. The lowest BCUT2D eigenvalue weighted by molar-refractivity contribution is 0.225. The molecule has 0 saturated heterocycles. The van der Waals surface area contributed by atoms with Crippen LogP contribution in [-0.2, 0) is 13.6 Å². The third-order valence-corrected chi connectivity index (χ3v) is 7.26. The van der Waals surface area contributed by atoms with Crippen LogP contribution in [0.25, 0.3) is 21.1 Å². The van der Waals surface area contributed by atoms with E-state index in [1.54, 1.807) is 16.8 Å². The molecule has 1 N–H and O–H groups in total. The van der Waals surface area contributed by atoms with Gasteiger partial charge in [0.05, 0.1) is 15.8 Å². The second kappa shape index (κ2) is 7.51. The van der Waals surface area contributed by atoms with E-state index in [9.17, 15) is 14.7 Å².